The Labute approximate surface area is 225 Å². The number of nitrogens with zero attached hydrogens (tertiary/aromatic N) is 4. The lowest BCUT2D eigenvalue weighted by molar-refractivity contribution is -0.167. The second kappa shape index (κ2) is 10.4. The van der Waals surface area contributed by atoms with Crippen LogP contribution >= 0.6 is 0 Å². The first-order chi connectivity index (χ1) is 18.6. The fourth-order valence-electron chi connectivity index (χ4n) is 7.11. The standard InChI is InChI=1S/C27H38F4N6O2/c1-34-17-32-33-24(34)11-26(15-39-16-26)19-3-2-4-21(10-19)36-14-23-22(27(29,30)31)9-18(13-37(23)25(36)38)12-35-7-5-20(28)6-8-35/h9,13-14,19-21,24,32-33H,2-8,10-12,15-17H2,1H3. The molecule has 4 aliphatic rings. The van der Waals surface area contributed by atoms with E-state index in [-0.39, 0.29) is 29.7 Å². The molecular formula is C27H38F4N6O2. The van der Waals surface area contributed by atoms with Gasteiger partial charge >= 0.3 is 11.9 Å². The lowest BCUT2D eigenvalue weighted by Gasteiger charge is -2.51. The number of aromatic nitrogens is 2. The average Bonchev–Trinajstić information content (AvgIpc) is 3.44. The summed E-state index contributed by atoms with van der Waals surface area (Å²) in [5.74, 6) is 0.326. The van der Waals surface area contributed by atoms with Gasteiger partial charge in [0, 0.05) is 43.5 Å². The van der Waals surface area contributed by atoms with Crippen molar-refractivity contribution in [1.82, 2.24) is 29.6 Å². The number of alkyl halides is 4. The molecule has 216 valence electrons. The maximum absolute atomic E-state index is 14.2. The monoisotopic (exact) mass is 554 g/mol. The number of ether oxygens (including phenoxy) is 1. The summed E-state index contributed by atoms with van der Waals surface area (Å²) in [6.45, 7) is 3.35. The van der Waals surface area contributed by atoms with E-state index in [1.807, 2.05) is 4.90 Å². The molecule has 6 rings (SSSR count). The Morgan fingerprint density at radius 2 is 1.90 bits per heavy atom. The predicted molar refractivity (Wildman–Crippen MR) is 138 cm³/mol. The maximum atomic E-state index is 14.2. The van der Waals surface area contributed by atoms with Gasteiger partial charge in [-0.3, -0.25) is 18.8 Å². The van der Waals surface area contributed by atoms with E-state index in [0.717, 1.165) is 44.8 Å². The van der Waals surface area contributed by atoms with Crippen LogP contribution < -0.4 is 16.5 Å². The summed E-state index contributed by atoms with van der Waals surface area (Å²) in [5, 5.41) is 0. The highest BCUT2D eigenvalue weighted by Crippen LogP contribution is 2.49. The molecule has 2 N–H and O–H groups in total. The lowest BCUT2D eigenvalue weighted by Crippen LogP contribution is -2.54. The molecule has 0 amide bonds. The van der Waals surface area contributed by atoms with Gasteiger partial charge in [-0.2, -0.15) is 13.2 Å². The van der Waals surface area contributed by atoms with Crippen LogP contribution in [0, 0.1) is 11.3 Å². The number of hydrogen-bond acceptors (Lipinski definition) is 6. The minimum Gasteiger partial charge on any atom is -0.380 e. The first-order valence-electron chi connectivity index (χ1n) is 14.1. The van der Waals surface area contributed by atoms with Crippen molar-refractivity contribution < 1.29 is 22.3 Å². The molecule has 2 aromatic rings. The molecule has 2 aromatic heterocycles. The van der Waals surface area contributed by atoms with E-state index < -0.39 is 23.6 Å². The van der Waals surface area contributed by atoms with Gasteiger partial charge in [-0.15, -0.1) is 0 Å². The first-order valence-corrected chi connectivity index (χ1v) is 14.1. The van der Waals surface area contributed by atoms with E-state index in [1.165, 1.54) is 10.6 Å². The van der Waals surface area contributed by atoms with Crippen molar-refractivity contribution in [2.24, 2.45) is 11.3 Å². The van der Waals surface area contributed by atoms with E-state index in [2.05, 4.69) is 22.8 Å². The number of fused-ring (bicyclic) bond motifs is 1. The van der Waals surface area contributed by atoms with E-state index in [0.29, 0.717) is 50.6 Å². The molecule has 0 radical (unpaired) electrons. The molecule has 39 heavy (non-hydrogen) atoms. The lowest BCUT2D eigenvalue weighted by atomic mass is 9.64. The summed E-state index contributed by atoms with van der Waals surface area (Å²) in [4.78, 5) is 17.8. The highest BCUT2D eigenvalue weighted by molar-refractivity contribution is 5.56. The number of pyridine rings is 1. The third kappa shape index (κ3) is 5.26. The molecule has 3 atom stereocenters. The van der Waals surface area contributed by atoms with Crippen molar-refractivity contribution in [1.29, 1.82) is 0 Å². The van der Waals surface area contributed by atoms with Crippen molar-refractivity contribution in [3.8, 4) is 0 Å². The third-order valence-electron chi connectivity index (χ3n) is 9.49. The molecule has 3 unspecified atom stereocenters. The Kier molecular flexibility index (Phi) is 7.28. The average molecular weight is 555 g/mol. The minimum absolute atomic E-state index is 0.00323. The van der Waals surface area contributed by atoms with Crippen molar-refractivity contribution >= 4 is 5.52 Å². The summed E-state index contributed by atoms with van der Waals surface area (Å²) >= 11 is 0. The first kappa shape index (κ1) is 27.2. The van der Waals surface area contributed by atoms with Crippen LogP contribution in [-0.2, 0) is 17.5 Å². The van der Waals surface area contributed by atoms with Gasteiger partial charge in [0.05, 0.1) is 37.1 Å². The summed E-state index contributed by atoms with van der Waals surface area (Å²) in [5.41, 5.74) is 5.59. The van der Waals surface area contributed by atoms with Crippen molar-refractivity contribution in [2.75, 3.05) is 40.0 Å². The van der Waals surface area contributed by atoms with Crippen molar-refractivity contribution in [2.45, 2.75) is 76.0 Å². The molecule has 3 saturated heterocycles. The van der Waals surface area contributed by atoms with Gasteiger partial charge in [-0.05, 0) is 63.1 Å². The maximum Gasteiger partial charge on any atom is 0.418 e. The van der Waals surface area contributed by atoms with Crippen LogP contribution in [0.3, 0.4) is 0 Å². The largest absolute Gasteiger partial charge is 0.418 e. The molecule has 4 fully saturated rings. The Hall–Kier alpha value is -1.99. The number of nitrogens with one attached hydrogen (secondary N) is 2. The Morgan fingerprint density at radius 1 is 1.13 bits per heavy atom. The van der Waals surface area contributed by atoms with Crippen molar-refractivity contribution in [3.63, 3.8) is 0 Å². The van der Waals surface area contributed by atoms with Crippen LogP contribution in [0.5, 0.6) is 0 Å². The van der Waals surface area contributed by atoms with Crippen LogP contribution in [0.2, 0.25) is 0 Å². The number of hydrogen-bond donors (Lipinski definition) is 2. The number of likely N-dealkylation sites (tertiary alicyclic amines) is 1. The Balaban J connectivity index is 1.28. The van der Waals surface area contributed by atoms with Gasteiger partial charge in [0.25, 0.3) is 0 Å². The molecule has 5 heterocycles. The molecule has 8 nitrogen and oxygen atoms in total. The second-order valence-corrected chi connectivity index (χ2v) is 12.1. The van der Waals surface area contributed by atoms with Crippen LogP contribution in [-0.4, -0.2) is 71.1 Å². The van der Waals surface area contributed by atoms with Gasteiger partial charge in [-0.25, -0.2) is 20.0 Å². The van der Waals surface area contributed by atoms with E-state index >= 15 is 0 Å². The van der Waals surface area contributed by atoms with Crippen LogP contribution in [0.15, 0.2) is 23.3 Å². The fourth-order valence-corrected chi connectivity index (χ4v) is 7.11. The zero-order valence-corrected chi connectivity index (χ0v) is 22.4. The summed E-state index contributed by atoms with van der Waals surface area (Å²) in [7, 11) is 2.07. The van der Waals surface area contributed by atoms with Gasteiger partial charge in [-0.1, -0.05) is 6.42 Å². The van der Waals surface area contributed by atoms with E-state index in [1.54, 1.807) is 10.8 Å². The zero-order valence-electron chi connectivity index (χ0n) is 22.4. The van der Waals surface area contributed by atoms with Gasteiger partial charge < -0.3 is 4.74 Å². The molecule has 12 heteroatoms. The molecule has 1 aliphatic carbocycles. The summed E-state index contributed by atoms with van der Waals surface area (Å²) < 4.78 is 64.6. The van der Waals surface area contributed by atoms with Crippen molar-refractivity contribution in [3.05, 3.63) is 40.1 Å². The topological polar surface area (TPSA) is 66.2 Å². The molecule has 0 spiro atoms. The number of piperidine rings is 1. The molecule has 0 bridgehead atoms. The second-order valence-electron chi connectivity index (χ2n) is 12.1. The van der Waals surface area contributed by atoms with Gasteiger partial charge in [0.1, 0.15) is 6.17 Å². The normalized spacial score (nSPS) is 29.2. The van der Waals surface area contributed by atoms with Crippen LogP contribution in [0.25, 0.3) is 5.52 Å². The molecule has 3 aliphatic heterocycles. The third-order valence-corrected chi connectivity index (χ3v) is 9.49. The SMILES string of the molecule is CN1CNNC1CC1(C2CCCC(n3cc4c(C(F)(F)F)cc(CN5CCC(F)CC5)cn4c3=O)C2)COC1. The Morgan fingerprint density at radius 3 is 2.54 bits per heavy atom. The van der Waals surface area contributed by atoms with Gasteiger partial charge in [0.15, 0.2) is 0 Å². The summed E-state index contributed by atoms with van der Waals surface area (Å²) in [6, 6.07) is 0.999. The molecular weight excluding hydrogens is 516 g/mol. The quantitative estimate of drug-likeness (QED) is 0.533. The zero-order chi connectivity index (χ0) is 27.4. The number of imidazole rings is 1. The van der Waals surface area contributed by atoms with E-state index in [9.17, 15) is 22.4 Å². The molecule has 0 aromatic carbocycles. The van der Waals surface area contributed by atoms with Gasteiger partial charge in [0.2, 0.25) is 0 Å². The Bertz CT molecular complexity index is 1230. The fraction of sp³-hybridized carbons (Fsp3) is 0.741. The highest BCUT2D eigenvalue weighted by atomic mass is 19.4. The minimum atomic E-state index is -4.59. The van der Waals surface area contributed by atoms with Crippen LogP contribution in [0.1, 0.15) is 62.1 Å². The summed E-state index contributed by atoms with van der Waals surface area (Å²) in [6.07, 6.45) is 2.83. The molecule has 1 saturated carbocycles. The number of halogens is 4. The van der Waals surface area contributed by atoms with Crippen LogP contribution in [0.4, 0.5) is 17.6 Å². The predicted octanol–water partition coefficient (Wildman–Crippen LogP) is 3.51. The highest BCUT2D eigenvalue weighted by Gasteiger charge is 2.49. The smallest absolute Gasteiger partial charge is 0.380 e. The number of hydrazine groups is 1. The van der Waals surface area contributed by atoms with E-state index in [4.69, 9.17) is 4.74 Å². The number of rotatable bonds is 6.